The normalized spacial score (nSPS) is 15.8. The second-order valence-corrected chi connectivity index (χ2v) is 6.60. The Kier molecular flexibility index (Phi) is 4.81. The van der Waals surface area contributed by atoms with Crippen LogP contribution in [0.15, 0.2) is 23.1 Å². The highest BCUT2D eigenvalue weighted by atomic mass is 32.2. The van der Waals surface area contributed by atoms with Gasteiger partial charge in [0.05, 0.1) is 10.6 Å². The number of fused-ring (bicyclic) bond motifs is 1. The molecule has 7 nitrogen and oxygen atoms in total. The number of hydrogen-bond acceptors (Lipinski definition) is 5. The van der Waals surface area contributed by atoms with Gasteiger partial charge in [-0.25, -0.2) is 13.1 Å². The van der Waals surface area contributed by atoms with Gasteiger partial charge >= 0.3 is 0 Å². The first-order chi connectivity index (χ1) is 9.92. The minimum absolute atomic E-state index is 0.0221. The van der Waals surface area contributed by atoms with Crippen molar-refractivity contribution in [2.45, 2.75) is 30.7 Å². The molecule has 0 aliphatic carbocycles. The van der Waals surface area contributed by atoms with Crippen LogP contribution in [0, 0.1) is 0 Å². The Morgan fingerprint density at radius 1 is 1.48 bits per heavy atom. The fourth-order valence-electron chi connectivity index (χ4n) is 2.02. The van der Waals surface area contributed by atoms with Crippen molar-refractivity contribution in [3.63, 3.8) is 0 Å². The molecule has 3 N–H and O–H groups in total. The number of carbonyl (C=O) groups is 1. The lowest BCUT2D eigenvalue weighted by Gasteiger charge is -2.19. The van der Waals surface area contributed by atoms with E-state index in [0.717, 1.165) is 0 Å². The summed E-state index contributed by atoms with van der Waals surface area (Å²) in [7, 11) is -3.68. The summed E-state index contributed by atoms with van der Waals surface area (Å²) in [6.45, 7) is 1.68. The Morgan fingerprint density at radius 2 is 2.24 bits per heavy atom. The quantitative estimate of drug-likeness (QED) is 0.707. The van der Waals surface area contributed by atoms with E-state index in [-0.39, 0.29) is 30.1 Å². The van der Waals surface area contributed by atoms with Crippen LogP contribution in [-0.4, -0.2) is 38.7 Å². The van der Waals surface area contributed by atoms with Crippen molar-refractivity contribution in [2.24, 2.45) is 0 Å². The van der Waals surface area contributed by atoms with Crippen molar-refractivity contribution >= 4 is 21.6 Å². The molecular weight excluding hydrogens is 296 g/mol. The number of rotatable bonds is 6. The smallest absolute Gasteiger partial charge is 0.262 e. The van der Waals surface area contributed by atoms with Crippen LogP contribution in [0.1, 0.15) is 19.8 Å². The maximum atomic E-state index is 12.2. The second-order valence-electron chi connectivity index (χ2n) is 4.88. The molecule has 1 amide bonds. The van der Waals surface area contributed by atoms with E-state index >= 15 is 0 Å². The number of aliphatic hydroxyl groups is 1. The molecule has 2 rings (SSSR count). The molecule has 0 fully saturated rings. The number of aliphatic hydroxyl groups excluding tert-OH is 1. The lowest BCUT2D eigenvalue weighted by molar-refractivity contribution is -0.118. The average Bonchev–Trinajstić information content (AvgIpc) is 2.43. The molecule has 8 heteroatoms. The summed E-state index contributed by atoms with van der Waals surface area (Å²) in [6, 6.07) is 4.02. The number of benzene rings is 1. The van der Waals surface area contributed by atoms with Gasteiger partial charge in [0, 0.05) is 12.6 Å². The number of carbonyl (C=O) groups excluding carboxylic acids is 1. The molecule has 21 heavy (non-hydrogen) atoms. The Morgan fingerprint density at radius 3 is 2.95 bits per heavy atom. The van der Waals surface area contributed by atoms with Gasteiger partial charge in [0.15, 0.2) is 6.61 Å². The molecule has 0 saturated carbocycles. The van der Waals surface area contributed by atoms with Crippen molar-refractivity contribution in [1.82, 2.24) is 4.72 Å². The van der Waals surface area contributed by atoms with E-state index < -0.39 is 10.0 Å². The van der Waals surface area contributed by atoms with Gasteiger partial charge in [0.25, 0.3) is 5.91 Å². The van der Waals surface area contributed by atoms with Crippen LogP contribution in [0.5, 0.6) is 5.75 Å². The number of anilines is 1. The van der Waals surface area contributed by atoms with Crippen LogP contribution in [-0.2, 0) is 14.8 Å². The molecule has 1 aliphatic rings. The van der Waals surface area contributed by atoms with E-state index in [2.05, 4.69) is 10.0 Å². The van der Waals surface area contributed by atoms with Crippen LogP contribution in [0.3, 0.4) is 0 Å². The molecular formula is C13H18N2O5S. The third-order valence-corrected chi connectivity index (χ3v) is 4.63. The summed E-state index contributed by atoms with van der Waals surface area (Å²) in [5.74, 6) is 0.128. The Bertz CT molecular complexity index is 629. The van der Waals surface area contributed by atoms with E-state index in [1.165, 1.54) is 18.2 Å². The maximum Gasteiger partial charge on any atom is 0.262 e. The summed E-state index contributed by atoms with van der Waals surface area (Å²) in [6.07, 6.45) is 1.07. The lowest BCUT2D eigenvalue weighted by Crippen LogP contribution is -2.33. The molecule has 0 bridgehead atoms. The molecule has 1 aromatic rings. The largest absolute Gasteiger partial charge is 0.482 e. The van der Waals surface area contributed by atoms with E-state index in [1.807, 2.05) is 0 Å². The highest BCUT2D eigenvalue weighted by Gasteiger charge is 2.22. The third-order valence-electron chi connectivity index (χ3n) is 3.05. The van der Waals surface area contributed by atoms with Gasteiger partial charge in [-0.1, -0.05) is 0 Å². The summed E-state index contributed by atoms with van der Waals surface area (Å²) in [4.78, 5) is 11.3. The molecule has 1 unspecified atom stereocenters. The third kappa shape index (κ3) is 3.93. The molecule has 0 radical (unpaired) electrons. The highest BCUT2D eigenvalue weighted by Crippen LogP contribution is 2.30. The van der Waals surface area contributed by atoms with Crippen LogP contribution >= 0.6 is 0 Å². The van der Waals surface area contributed by atoms with Gasteiger partial charge in [-0.05, 0) is 38.0 Å². The number of hydrogen-bond donors (Lipinski definition) is 3. The summed E-state index contributed by atoms with van der Waals surface area (Å²) >= 11 is 0. The van der Waals surface area contributed by atoms with Crippen molar-refractivity contribution in [3.05, 3.63) is 18.2 Å². The lowest BCUT2D eigenvalue weighted by atomic mass is 10.2. The minimum atomic E-state index is -3.68. The standard InChI is InChI=1S/C13H18N2O5S/c1-9(3-2-6-16)15-21(18,19)10-4-5-12-11(7-10)14-13(17)8-20-12/h4-5,7,9,15-16H,2-3,6,8H2,1H3,(H,14,17). The molecule has 1 atom stereocenters. The zero-order valence-corrected chi connectivity index (χ0v) is 12.4. The molecule has 1 aromatic carbocycles. The fourth-order valence-corrected chi connectivity index (χ4v) is 3.32. The molecule has 0 spiro atoms. The van der Waals surface area contributed by atoms with Crippen molar-refractivity contribution in [1.29, 1.82) is 0 Å². The molecule has 0 saturated heterocycles. The molecule has 1 heterocycles. The van der Waals surface area contributed by atoms with Gasteiger partial charge < -0.3 is 15.2 Å². The monoisotopic (exact) mass is 314 g/mol. The predicted molar refractivity (Wildman–Crippen MR) is 76.7 cm³/mol. The molecule has 0 aromatic heterocycles. The SMILES string of the molecule is CC(CCCO)NS(=O)(=O)c1ccc2c(c1)NC(=O)CO2. The van der Waals surface area contributed by atoms with Gasteiger partial charge in [0.2, 0.25) is 10.0 Å². The van der Waals surface area contributed by atoms with Crippen molar-refractivity contribution in [2.75, 3.05) is 18.5 Å². The fraction of sp³-hybridized carbons (Fsp3) is 0.462. The first-order valence-electron chi connectivity index (χ1n) is 6.62. The van der Waals surface area contributed by atoms with E-state index in [4.69, 9.17) is 9.84 Å². The number of amides is 1. The Hall–Kier alpha value is -1.64. The Labute approximate surface area is 123 Å². The zero-order valence-electron chi connectivity index (χ0n) is 11.6. The van der Waals surface area contributed by atoms with Crippen molar-refractivity contribution < 1.29 is 23.1 Å². The second kappa shape index (κ2) is 6.42. The van der Waals surface area contributed by atoms with Crippen LogP contribution in [0.4, 0.5) is 5.69 Å². The van der Waals surface area contributed by atoms with E-state index in [9.17, 15) is 13.2 Å². The minimum Gasteiger partial charge on any atom is -0.482 e. The number of nitrogens with one attached hydrogen (secondary N) is 2. The summed E-state index contributed by atoms with van der Waals surface area (Å²) in [5.41, 5.74) is 0.345. The zero-order chi connectivity index (χ0) is 15.5. The Balaban J connectivity index is 2.17. The molecule has 116 valence electrons. The van der Waals surface area contributed by atoms with E-state index in [0.29, 0.717) is 24.3 Å². The molecule has 1 aliphatic heterocycles. The van der Waals surface area contributed by atoms with E-state index in [1.54, 1.807) is 6.92 Å². The first kappa shape index (κ1) is 15.7. The summed E-state index contributed by atoms with van der Waals surface area (Å²) < 4.78 is 32.2. The highest BCUT2D eigenvalue weighted by molar-refractivity contribution is 7.89. The first-order valence-corrected chi connectivity index (χ1v) is 8.10. The van der Waals surface area contributed by atoms with Gasteiger partial charge in [0.1, 0.15) is 5.75 Å². The van der Waals surface area contributed by atoms with Crippen LogP contribution in [0.25, 0.3) is 0 Å². The van der Waals surface area contributed by atoms with Gasteiger partial charge in [-0.15, -0.1) is 0 Å². The number of sulfonamides is 1. The van der Waals surface area contributed by atoms with Crippen molar-refractivity contribution in [3.8, 4) is 5.75 Å². The van der Waals surface area contributed by atoms with Gasteiger partial charge in [-0.2, -0.15) is 0 Å². The number of ether oxygens (including phenoxy) is 1. The maximum absolute atomic E-state index is 12.2. The summed E-state index contributed by atoms with van der Waals surface area (Å²) in [5, 5.41) is 11.3. The van der Waals surface area contributed by atoms with Crippen LogP contribution in [0.2, 0.25) is 0 Å². The predicted octanol–water partition coefficient (Wildman–Crippen LogP) is 0.457. The average molecular weight is 314 g/mol. The van der Waals surface area contributed by atoms with Gasteiger partial charge in [-0.3, -0.25) is 4.79 Å². The topological polar surface area (TPSA) is 105 Å². The van der Waals surface area contributed by atoms with Crippen LogP contribution < -0.4 is 14.8 Å².